The Bertz CT molecular complexity index is 837. The van der Waals surface area contributed by atoms with Crippen LogP contribution in [-0.2, 0) is 0 Å². The monoisotopic (exact) mass is 377 g/mol. The molecule has 0 aliphatic carbocycles. The molecule has 0 aliphatic rings. The third kappa shape index (κ3) is 4.86. The number of anilines is 1. The van der Waals surface area contributed by atoms with Crippen LogP contribution in [0.4, 0.5) is 11.4 Å². The van der Waals surface area contributed by atoms with Gasteiger partial charge in [-0.2, -0.15) is 5.10 Å². The van der Waals surface area contributed by atoms with E-state index in [1.807, 2.05) is 19.1 Å². The van der Waals surface area contributed by atoms with Gasteiger partial charge in [-0.05, 0) is 44.5 Å². The van der Waals surface area contributed by atoms with Crippen LogP contribution in [0.2, 0.25) is 5.02 Å². The number of nitro benzene ring substituents is 1. The maximum absolute atomic E-state index is 11.4. The smallest absolute Gasteiger partial charge is 0.315 e. The molecule has 2 rings (SSSR count). The fourth-order valence-electron chi connectivity index (χ4n) is 2.17. The molecule has 0 fully saturated rings. The summed E-state index contributed by atoms with van der Waals surface area (Å²) in [6, 6.07) is 8.45. The molecule has 0 saturated carbocycles. The highest BCUT2D eigenvalue weighted by molar-refractivity contribution is 6.31. The maximum atomic E-state index is 11.4. The number of benzene rings is 2. The van der Waals surface area contributed by atoms with E-state index in [0.29, 0.717) is 16.3 Å². The van der Waals surface area contributed by atoms with Gasteiger partial charge in [-0.1, -0.05) is 17.7 Å². The number of ether oxygens (including phenoxy) is 2. The van der Waals surface area contributed by atoms with Crippen molar-refractivity contribution in [2.24, 2.45) is 5.10 Å². The molecule has 0 saturated heterocycles. The number of aryl methyl sites for hydroxylation is 1. The minimum atomic E-state index is -0.509. The van der Waals surface area contributed by atoms with Gasteiger partial charge in [-0.25, -0.2) is 0 Å². The van der Waals surface area contributed by atoms with Crippen molar-refractivity contribution in [3.05, 3.63) is 56.6 Å². The summed E-state index contributed by atoms with van der Waals surface area (Å²) in [5.74, 6) is 0.371. The lowest BCUT2D eigenvalue weighted by atomic mass is 10.2. The van der Waals surface area contributed by atoms with Gasteiger partial charge in [0.05, 0.1) is 30.0 Å². The Morgan fingerprint density at radius 3 is 2.62 bits per heavy atom. The third-order valence-corrected chi connectivity index (χ3v) is 3.81. The van der Waals surface area contributed by atoms with Crippen LogP contribution in [0.25, 0.3) is 0 Å². The molecule has 1 N–H and O–H groups in total. The molecule has 2 aromatic carbocycles. The summed E-state index contributed by atoms with van der Waals surface area (Å²) in [6.07, 6.45) is 1.23. The molecule has 0 atom stereocenters. The summed E-state index contributed by atoms with van der Waals surface area (Å²) in [6.45, 7) is 5.48. The molecule has 138 valence electrons. The van der Waals surface area contributed by atoms with Crippen LogP contribution in [0.5, 0.6) is 11.5 Å². The van der Waals surface area contributed by atoms with Crippen molar-refractivity contribution >= 4 is 29.2 Å². The molecule has 26 heavy (non-hydrogen) atoms. The number of nitrogens with zero attached hydrogens (tertiary/aromatic N) is 2. The molecule has 0 radical (unpaired) electrons. The summed E-state index contributed by atoms with van der Waals surface area (Å²) in [5.41, 5.74) is 4.82. The van der Waals surface area contributed by atoms with Crippen LogP contribution in [0.1, 0.15) is 25.0 Å². The number of nitrogens with one attached hydrogen (secondary N) is 1. The molecule has 0 amide bonds. The van der Waals surface area contributed by atoms with Crippen LogP contribution in [0, 0.1) is 17.0 Å². The Hall–Kier alpha value is -2.80. The number of methoxy groups -OCH3 is 1. The van der Waals surface area contributed by atoms with E-state index in [-0.39, 0.29) is 23.3 Å². The highest BCUT2D eigenvalue weighted by Gasteiger charge is 2.22. The molecular weight excluding hydrogens is 358 g/mol. The van der Waals surface area contributed by atoms with Gasteiger partial charge in [0, 0.05) is 16.7 Å². The zero-order valence-electron chi connectivity index (χ0n) is 14.9. The summed E-state index contributed by atoms with van der Waals surface area (Å²) < 4.78 is 10.8. The molecule has 0 spiro atoms. The van der Waals surface area contributed by atoms with Gasteiger partial charge >= 0.3 is 5.69 Å². The molecule has 0 aromatic heterocycles. The lowest BCUT2D eigenvalue weighted by molar-refractivity contribution is -0.386. The number of hydrazone groups is 1. The number of halogens is 1. The molecule has 0 aliphatic heterocycles. The second-order valence-corrected chi connectivity index (χ2v) is 6.24. The van der Waals surface area contributed by atoms with Gasteiger partial charge in [-0.3, -0.25) is 15.5 Å². The summed E-state index contributed by atoms with van der Waals surface area (Å²) >= 11 is 6.07. The lowest BCUT2D eigenvalue weighted by Gasteiger charge is -2.14. The normalized spacial score (nSPS) is 11.0. The fraction of sp³-hybridized carbons (Fsp3) is 0.278. The van der Waals surface area contributed by atoms with E-state index in [2.05, 4.69) is 10.5 Å². The molecule has 0 heterocycles. The Morgan fingerprint density at radius 2 is 2.04 bits per heavy atom. The van der Waals surface area contributed by atoms with E-state index < -0.39 is 4.92 Å². The predicted octanol–water partition coefficient (Wildman–Crippen LogP) is 4.80. The minimum absolute atomic E-state index is 0.0999. The topological polar surface area (TPSA) is 86.0 Å². The molecule has 8 heteroatoms. The zero-order chi connectivity index (χ0) is 19.3. The van der Waals surface area contributed by atoms with Crippen LogP contribution in [-0.4, -0.2) is 24.4 Å². The van der Waals surface area contributed by atoms with Crippen LogP contribution < -0.4 is 14.9 Å². The average molecular weight is 378 g/mol. The average Bonchev–Trinajstić information content (AvgIpc) is 2.58. The Kier molecular flexibility index (Phi) is 6.41. The molecule has 0 bridgehead atoms. The van der Waals surface area contributed by atoms with Crippen molar-refractivity contribution < 1.29 is 14.4 Å². The molecule has 2 aromatic rings. The van der Waals surface area contributed by atoms with Crippen molar-refractivity contribution in [1.29, 1.82) is 0 Å². The van der Waals surface area contributed by atoms with E-state index in [1.54, 1.807) is 26.0 Å². The first-order chi connectivity index (χ1) is 12.3. The van der Waals surface area contributed by atoms with E-state index in [4.69, 9.17) is 21.1 Å². The standard InChI is InChI=1S/C18H20ClN3O4/c1-11(2)26-18-16(22(23)24)7-13(8-17(18)25-4)10-20-21-14-6-5-12(3)15(19)9-14/h5-11,21H,1-4H3/b20-10+. The van der Waals surface area contributed by atoms with Gasteiger partial charge in [0.1, 0.15) is 0 Å². The largest absolute Gasteiger partial charge is 0.493 e. The Morgan fingerprint density at radius 1 is 1.31 bits per heavy atom. The fourth-order valence-corrected chi connectivity index (χ4v) is 2.35. The quantitative estimate of drug-likeness (QED) is 0.425. The third-order valence-electron chi connectivity index (χ3n) is 3.41. The van der Waals surface area contributed by atoms with Gasteiger partial charge in [0.15, 0.2) is 5.75 Å². The van der Waals surface area contributed by atoms with Crippen molar-refractivity contribution in [2.75, 3.05) is 12.5 Å². The van der Waals surface area contributed by atoms with Gasteiger partial charge < -0.3 is 9.47 Å². The van der Waals surface area contributed by atoms with Crippen molar-refractivity contribution in [2.45, 2.75) is 26.9 Å². The van der Waals surface area contributed by atoms with Gasteiger partial charge in [-0.15, -0.1) is 0 Å². The Labute approximate surface area is 156 Å². The van der Waals surface area contributed by atoms with Crippen molar-refractivity contribution in [3.63, 3.8) is 0 Å². The highest BCUT2D eigenvalue weighted by Crippen LogP contribution is 2.38. The number of hydrogen-bond acceptors (Lipinski definition) is 6. The van der Waals surface area contributed by atoms with Crippen LogP contribution in [0.15, 0.2) is 35.4 Å². The van der Waals surface area contributed by atoms with Crippen LogP contribution in [0.3, 0.4) is 0 Å². The zero-order valence-corrected chi connectivity index (χ0v) is 15.7. The maximum Gasteiger partial charge on any atom is 0.315 e. The van der Waals surface area contributed by atoms with Crippen molar-refractivity contribution in [3.8, 4) is 11.5 Å². The van der Waals surface area contributed by atoms with E-state index in [0.717, 1.165) is 5.56 Å². The summed E-state index contributed by atoms with van der Waals surface area (Å²) in [5, 5.41) is 16.1. The first-order valence-electron chi connectivity index (χ1n) is 7.90. The minimum Gasteiger partial charge on any atom is -0.493 e. The second kappa shape index (κ2) is 8.53. The first-order valence-corrected chi connectivity index (χ1v) is 8.28. The van der Waals surface area contributed by atoms with Crippen molar-refractivity contribution in [1.82, 2.24) is 0 Å². The predicted molar refractivity (Wildman–Crippen MR) is 103 cm³/mol. The molecule has 7 nitrogen and oxygen atoms in total. The summed E-state index contributed by atoms with van der Waals surface area (Å²) in [4.78, 5) is 10.9. The second-order valence-electron chi connectivity index (χ2n) is 5.83. The van der Waals surface area contributed by atoms with E-state index >= 15 is 0 Å². The number of rotatable bonds is 7. The Balaban J connectivity index is 2.29. The molecular formula is C18H20ClN3O4. The summed E-state index contributed by atoms with van der Waals surface area (Å²) in [7, 11) is 1.43. The number of nitro groups is 1. The van der Waals surface area contributed by atoms with Gasteiger partial charge in [0.2, 0.25) is 5.75 Å². The van der Waals surface area contributed by atoms with E-state index in [9.17, 15) is 10.1 Å². The van der Waals surface area contributed by atoms with E-state index in [1.165, 1.54) is 19.4 Å². The first kappa shape index (κ1) is 19.5. The molecule has 0 unspecified atom stereocenters. The lowest BCUT2D eigenvalue weighted by Crippen LogP contribution is -2.09. The van der Waals surface area contributed by atoms with Gasteiger partial charge in [0.25, 0.3) is 0 Å². The number of hydrogen-bond donors (Lipinski definition) is 1. The van der Waals surface area contributed by atoms with Crippen LogP contribution >= 0.6 is 11.6 Å². The SMILES string of the molecule is COc1cc(/C=N/Nc2ccc(C)c(Cl)c2)cc([N+](=O)[O-])c1OC(C)C. The highest BCUT2D eigenvalue weighted by atomic mass is 35.5.